The number of rotatable bonds is 5. The van der Waals surface area contributed by atoms with E-state index in [4.69, 9.17) is 9.31 Å². The Morgan fingerprint density at radius 2 is 1.44 bits per heavy atom. The van der Waals surface area contributed by atoms with Crippen LogP contribution in [0.4, 0.5) is 0 Å². The second-order valence-electron chi connectivity index (χ2n) is 8.63. The van der Waals surface area contributed by atoms with Crippen LogP contribution in [-0.4, -0.2) is 24.1 Å². The Balaban J connectivity index is 2.51. The van der Waals surface area contributed by atoms with Gasteiger partial charge in [-0.1, -0.05) is 52.0 Å². The van der Waals surface area contributed by atoms with Crippen molar-refractivity contribution in [3.8, 4) is 0 Å². The Labute approximate surface area is 159 Å². The highest BCUT2D eigenvalue weighted by Gasteiger charge is 2.52. The number of hydrogen-bond acceptors (Lipinski definition) is 3. The predicted molar refractivity (Wildman–Crippen MR) is 113 cm³/mol. The van der Waals surface area contributed by atoms with Crippen LogP contribution in [0.3, 0.4) is 0 Å². The molecule has 0 aromatic heterocycles. The summed E-state index contributed by atoms with van der Waals surface area (Å²) in [5.74, 6) is 1.54. The summed E-state index contributed by atoms with van der Waals surface area (Å²) in [5.41, 5.74) is 4.43. The van der Waals surface area contributed by atoms with E-state index in [0.717, 1.165) is 5.47 Å². The van der Waals surface area contributed by atoms with Gasteiger partial charge in [-0.15, -0.1) is 0 Å². The fourth-order valence-corrected chi connectivity index (χ4v) is 3.38. The lowest BCUT2D eigenvalue weighted by atomic mass is 9.76. The first kappa shape index (κ1) is 20.6. The molecule has 1 aromatic carbocycles. The summed E-state index contributed by atoms with van der Waals surface area (Å²) in [6.45, 7) is 17.3. The van der Waals surface area contributed by atoms with E-state index in [-0.39, 0.29) is 18.3 Å². The topological polar surface area (TPSA) is 18.5 Å². The second-order valence-corrected chi connectivity index (χ2v) is 8.94. The molecule has 0 saturated carbocycles. The summed E-state index contributed by atoms with van der Waals surface area (Å²) < 4.78 is 12.5. The summed E-state index contributed by atoms with van der Waals surface area (Å²) in [7, 11) is -0.345. The third-order valence-corrected chi connectivity index (χ3v) is 5.85. The molecule has 0 spiro atoms. The van der Waals surface area contributed by atoms with Crippen molar-refractivity contribution < 1.29 is 9.31 Å². The van der Waals surface area contributed by atoms with Crippen LogP contribution in [0, 0.1) is 0 Å². The average molecular weight is 360 g/mol. The molecule has 0 amide bonds. The molecule has 1 aliphatic rings. The molecule has 0 N–H and O–H groups in total. The van der Waals surface area contributed by atoms with Crippen molar-refractivity contribution in [1.29, 1.82) is 0 Å². The summed E-state index contributed by atoms with van der Waals surface area (Å²) in [6, 6.07) is 6.61. The van der Waals surface area contributed by atoms with E-state index in [2.05, 4.69) is 92.3 Å². The van der Waals surface area contributed by atoms with Gasteiger partial charge in [-0.3, -0.25) is 0 Å². The van der Waals surface area contributed by atoms with Crippen molar-refractivity contribution >= 4 is 25.8 Å². The highest BCUT2D eigenvalue weighted by Crippen LogP contribution is 2.39. The first-order valence-electron chi connectivity index (χ1n) is 9.30. The normalized spacial score (nSPS) is 20.0. The van der Waals surface area contributed by atoms with Gasteiger partial charge < -0.3 is 9.31 Å². The van der Waals surface area contributed by atoms with E-state index < -0.39 is 0 Å². The second kappa shape index (κ2) is 7.50. The lowest BCUT2D eigenvalue weighted by molar-refractivity contribution is 0.00578. The third kappa shape index (κ3) is 4.18. The molecule has 1 fully saturated rings. The van der Waals surface area contributed by atoms with Gasteiger partial charge in [0.25, 0.3) is 0 Å². The number of thiol groups is 1. The van der Waals surface area contributed by atoms with Crippen molar-refractivity contribution in [3.63, 3.8) is 0 Å². The molecule has 0 aliphatic carbocycles. The van der Waals surface area contributed by atoms with Gasteiger partial charge in [-0.05, 0) is 61.7 Å². The molecule has 25 heavy (non-hydrogen) atoms. The van der Waals surface area contributed by atoms with E-state index in [0.29, 0.717) is 17.6 Å². The van der Waals surface area contributed by atoms with Gasteiger partial charge in [0.2, 0.25) is 0 Å². The van der Waals surface area contributed by atoms with Gasteiger partial charge in [0, 0.05) is 5.75 Å². The van der Waals surface area contributed by atoms with Crippen LogP contribution in [0.25, 0.3) is 6.08 Å². The first-order chi connectivity index (χ1) is 11.5. The molecule has 0 bridgehead atoms. The van der Waals surface area contributed by atoms with E-state index in [1.807, 2.05) is 0 Å². The zero-order valence-corrected chi connectivity index (χ0v) is 17.9. The predicted octanol–water partition coefficient (Wildman–Crippen LogP) is 5.88. The number of benzene rings is 1. The van der Waals surface area contributed by atoms with E-state index in [9.17, 15) is 0 Å². The van der Waals surface area contributed by atoms with E-state index >= 15 is 0 Å². The monoisotopic (exact) mass is 360 g/mol. The summed E-state index contributed by atoms with van der Waals surface area (Å²) >= 11 is 4.58. The Hall–Kier alpha value is -0.705. The van der Waals surface area contributed by atoms with Gasteiger partial charge >= 0.3 is 7.12 Å². The van der Waals surface area contributed by atoms with Crippen LogP contribution in [-0.2, 0) is 9.31 Å². The fraction of sp³-hybridized carbons (Fsp3) is 0.619. The Kier molecular flexibility index (Phi) is 6.18. The van der Waals surface area contributed by atoms with Gasteiger partial charge in [-0.2, -0.15) is 12.6 Å². The van der Waals surface area contributed by atoms with Gasteiger partial charge in [-0.25, -0.2) is 0 Å². The van der Waals surface area contributed by atoms with E-state index in [1.165, 1.54) is 16.7 Å². The summed E-state index contributed by atoms with van der Waals surface area (Å²) in [4.78, 5) is 0. The summed E-state index contributed by atoms with van der Waals surface area (Å²) in [6.07, 6.45) is 2.25. The van der Waals surface area contributed by atoms with Gasteiger partial charge in [0.1, 0.15) is 0 Å². The van der Waals surface area contributed by atoms with Gasteiger partial charge in [0.15, 0.2) is 0 Å². The fourth-order valence-electron chi connectivity index (χ4n) is 3.14. The number of hydrogen-bond donors (Lipinski definition) is 1. The third-order valence-electron chi connectivity index (χ3n) is 5.49. The molecule has 1 aliphatic heterocycles. The molecular weight excluding hydrogens is 327 g/mol. The molecular formula is C21H33BO2S. The van der Waals surface area contributed by atoms with E-state index in [1.54, 1.807) is 0 Å². The lowest BCUT2D eigenvalue weighted by Gasteiger charge is -2.32. The van der Waals surface area contributed by atoms with Crippen molar-refractivity contribution in [1.82, 2.24) is 0 Å². The Morgan fingerprint density at radius 1 is 1.00 bits per heavy atom. The standard InChI is InChI=1S/C21H33BO2S/c1-14(2)17-10-9-11-18(15(3)4)19(17)12-16(13-25)22-23-20(5,6)21(7,8)24-22/h9-12,14-15,25H,13H2,1-8H3. The lowest BCUT2D eigenvalue weighted by Crippen LogP contribution is -2.41. The minimum atomic E-state index is -0.345. The largest absolute Gasteiger partial charge is 0.491 e. The van der Waals surface area contributed by atoms with Crippen LogP contribution in [0.1, 0.15) is 83.9 Å². The van der Waals surface area contributed by atoms with Crippen LogP contribution < -0.4 is 0 Å². The SMILES string of the molecule is CC(C)c1cccc(C(C)C)c1C=C(CS)B1OC(C)(C)C(C)(C)O1. The highest BCUT2D eigenvalue weighted by atomic mass is 32.1. The maximum absolute atomic E-state index is 6.25. The molecule has 0 unspecified atom stereocenters. The average Bonchev–Trinajstić information content (AvgIpc) is 2.72. The van der Waals surface area contributed by atoms with Crippen molar-refractivity contribution in [2.75, 3.05) is 5.75 Å². The van der Waals surface area contributed by atoms with Crippen molar-refractivity contribution in [2.45, 2.75) is 78.4 Å². The maximum atomic E-state index is 6.25. The first-order valence-corrected chi connectivity index (χ1v) is 9.93. The molecule has 1 saturated heterocycles. The van der Waals surface area contributed by atoms with Gasteiger partial charge in [0.05, 0.1) is 11.2 Å². The van der Waals surface area contributed by atoms with Crippen LogP contribution >= 0.6 is 12.6 Å². The quantitative estimate of drug-likeness (QED) is 0.522. The molecule has 0 atom stereocenters. The maximum Gasteiger partial charge on any atom is 0.491 e. The molecule has 2 rings (SSSR count). The molecule has 0 radical (unpaired) electrons. The minimum absolute atomic E-state index is 0.335. The smallest absolute Gasteiger partial charge is 0.400 e. The van der Waals surface area contributed by atoms with Crippen molar-refractivity contribution in [3.05, 3.63) is 40.4 Å². The minimum Gasteiger partial charge on any atom is -0.400 e. The molecule has 1 heterocycles. The molecule has 1 aromatic rings. The zero-order valence-electron chi connectivity index (χ0n) is 17.0. The Morgan fingerprint density at radius 3 is 1.80 bits per heavy atom. The summed E-state index contributed by atoms with van der Waals surface area (Å²) in [5, 5.41) is 0. The van der Waals surface area contributed by atoms with Crippen molar-refractivity contribution in [2.24, 2.45) is 0 Å². The Bertz CT molecular complexity index is 605. The molecule has 138 valence electrons. The molecule has 4 heteroatoms. The highest BCUT2D eigenvalue weighted by molar-refractivity contribution is 7.80. The van der Waals surface area contributed by atoms with Crippen LogP contribution in [0.15, 0.2) is 23.7 Å². The zero-order chi connectivity index (χ0) is 19.0. The van der Waals surface area contributed by atoms with Crippen LogP contribution in [0.2, 0.25) is 0 Å². The van der Waals surface area contributed by atoms with Crippen LogP contribution in [0.5, 0.6) is 0 Å². The molecule has 2 nitrogen and oxygen atoms in total.